The zero-order valence-electron chi connectivity index (χ0n) is 11.2. The second-order valence-corrected chi connectivity index (χ2v) is 5.56. The highest BCUT2D eigenvalue weighted by Gasteiger charge is 2.25. The zero-order chi connectivity index (χ0) is 13.9. The Hall–Kier alpha value is -1.52. The fourth-order valence-electron chi connectivity index (χ4n) is 0.900. The van der Waals surface area contributed by atoms with Crippen LogP contribution < -0.4 is 0 Å². The first kappa shape index (κ1) is 15.5. The Labute approximate surface area is 101 Å². The van der Waals surface area contributed by atoms with Gasteiger partial charge in [0.1, 0.15) is 11.2 Å². The molecule has 0 aliphatic heterocycles. The minimum atomic E-state index is -1.25. The van der Waals surface area contributed by atoms with Crippen LogP contribution in [0.1, 0.15) is 41.5 Å². The number of carboxylic acids is 1. The number of ether oxygens (including phenoxy) is 2. The van der Waals surface area contributed by atoms with Crippen LogP contribution in [-0.4, -0.2) is 28.2 Å². The molecule has 0 unspecified atom stereocenters. The van der Waals surface area contributed by atoms with Crippen molar-refractivity contribution in [3.63, 3.8) is 0 Å². The maximum Gasteiger partial charge on any atom is 0.374 e. The van der Waals surface area contributed by atoms with Crippen LogP contribution in [-0.2, 0) is 19.1 Å². The van der Waals surface area contributed by atoms with E-state index in [0.717, 1.165) is 0 Å². The van der Waals surface area contributed by atoms with Crippen LogP contribution in [0, 0.1) is 0 Å². The number of aliphatic carboxylic acids is 1. The van der Waals surface area contributed by atoms with Crippen molar-refractivity contribution in [1.29, 1.82) is 0 Å². The molecular weight excluding hydrogens is 224 g/mol. The molecule has 0 aromatic carbocycles. The Kier molecular flexibility index (Phi) is 4.74. The molecule has 0 fully saturated rings. The number of hydrogen-bond acceptors (Lipinski definition) is 4. The summed E-state index contributed by atoms with van der Waals surface area (Å²) in [6, 6.07) is 0. The predicted octanol–water partition coefficient (Wildman–Crippen LogP) is 2.11. The van der Waals surface area contributed by atoms with Gasteiger partial charge in [-0.3, -0.25) is 0 Å². The topological polar surface area (TPSA) is 72.8 Å². The Balaban J connectivity index is 4.96. The van der Waals surface area contributed by atoms with Crippen LogP contribution in [0.15, 0.2) is 11.8 Å². The number of carboxylic acid groups (broad SMARTS) is 1. The van der Waals surface area contributed by atoms with Crippen molar-refractivity contribution in [2.45, 2.75) is 52.7 Å². The summed E-state index contributed by atoms with van der Waals surface area (Å²) >= 11 is 0. The maximum absolute atomic E-state index is 11.7. The average molecular weight is 244 g/mol. The lowest BCUT2D eigenvalue weighted by Crippen LogP contribution is -2.29. The highest BCUT2D eigenvalue weighted by Crippen LogP contribution is 2.17. The minimum absolute atomic E-state index is 0.306. The monoisotopic (exact) mass is 244 g/mol. The van der Waals surface area contributed by atoms with Crippen LogP contribution in [0.3, 0.4) is 0 Å². The van der Waals surface area contributed by atoms with E-state index in [2.05, 4.69) is 0 Å². The first-order valence-corrected chi connectivity index (χ1v) is 5.28. The van der Waals surface area contributed by atoms with E-state index < -0.39 is 23.1 Å². The molecule has 0 saturated carbocycles. The van der Waals surface area contributed by atoms with Crippen LogP contribution in [0.5, 0.6) is 0 Å². The number of hydrogen-bond donors (Lipinski definition) is 1. The third-order valence-electron chi connectivity index (χ3n) is 1.27. The molecule has 1 N–H and O–H groups in total. The average Bonchev–Trinajstić information content (AvgIpc) is 1.95. The smallest absolute Gasteiger partial charge is 0.374 e. The second kappa shape index (κ2) is 5.21. The van der Waals surface area contributed by atoms with E-state index in [4.69, 9.17) is 14.6 Å². The molecule has 0 rings (SSSR count). The lowest BCUT2D eigenvalue weighted by molar-refractivity contribution is -0.157. The molecule has 0 aromatic heterocycles. The number of esters is 1. The van der Waals surface area contributed by atoms with Gasteiger partial charge < -0.3 is 14.6 Å². The first-order valence-electron chi connectivity index (χ1n) is 5.28. The van der Waals surface area contributed by atoms with E-state index in [0.29, 0.717) is 6.08 Å². The van der Waals surface area contributed by atoms with E-state index in [-0.39, 0.29) is 5.76 Å². The molecule has 0 aliphatic rings. The molecular formula is C12H20O5. The molecule has 0 heterocycles. The van der Waals surface area contributed by atoms with Gasteiger partial charge in [-0.15, -0.1) is 0 Å². The molecule has 98 valence electrons. The quantitative estimate of drug-likeness (QED) is 0.467. The van der Waals surface area contributed by atoms with Gasteiger partial charge in [0.15, 0.2) is 0 Å². The lowest BCUT2D eigenvalue weighted by atomic mass is 10.2. The molecule has 5 nitrogen and oxygen atoms in total. The van der Waals surface area contributed by atoms with E-state index in [1.807, 2.05) is 0 Å². The third kappa shape index (κ3) is 8.30. The van der Waals surface area contributed by atoms with E-state index >= 15 is 0 Å². The Morgan fingerprint density at radius 2 is 1.35 bits per heavy atom. The summed E-state index contributed by atoms with van der Waals surface area (Å²) in [5, 5.41) is 8.66. The minimum Gasteiger partial charge on any atom is -0.481 e. The van der Waals surface area contributed by atoms with Crippen molar-refractivity contribution in [1.82, 2.24) is 0 Å². The first-order chi connectivity index (χ1) is 7.41. The van der Waals surface area contributed by atoms with Crippen molar-refractivity contribution in [3.8, 4) is 0 Å². The molecule has 0 atom stereocenters. The third-order valence-corrected chi connectivity index (χ3v) is 1.27. The molecule has 0 aliphatic carbocycles. The highest BCUT2D eigenvalue weighted by molar-refractivity contribution is 5.94. The zero-order valence-corrected chi connectivity index (χ0v) is 11.2. The summed E-state index contributed by atoms with van der Waals surface area (Å²) in [5.74, 6) is -2.34. The summed E-state index contributed by atoms with van der Waals surface area (Å²) in [5.41, 5.74) is -1.37. The van der Waals surface area contributed by atoms with Gasteiger partial charge in [-0.1, -0.05) is 0 Å². The second-order valence-electron chi connectivity index (χ2n) is 5.56. The van der Waals surface area contributed by atoms with Crippen LogP contribution in [0.2, 0.25) is 0 Å². The van der Waals surface area contributed by atoms with Gasteiger partial charge in [0, 0.05) is 0 Å². The maximum atomic E-state index is 11.7. The fraction of sp³-hybridized carbons (Fsp3) is 0.667. The molecule has 5 heteroatoms. The molecule has 0 spiro atoms. The normalized spacial score (nSPS) is 13.2. The van der Waals surface area contributed by atoms with E-state index in [9.17, 15) is 9.59 Å². The van der Waals surface area contributed by atoms with Crippen molar-refractivity contribution in [2.24, 2.45) is 0 Å². The Morgan fingerprint density at radius 1 is 0.941 bits per heavy atom. The molecule has 0 saturated heterocycles. The van der Waals surface area contributed by atoms with Crippen molar-refractivity contribution in [3.05, 3.63) is 11.8 Å². The summed E-state index contributed by atoms with van der Waals surface area (Å²) in [4.78, 5) is 22.3. The van der Waals surface area contributed by atoms with E-state index in [1.54, 1.807) is 41.5 Å². The van der Waals surface area contributed by atoms with Crippen LogP contribution in [0.25, 0.3) is 0 Å². The largest absolute Gasteiger partial charge is 0.481 e. The Bertz CT molecular complexity index is 328. The number of rotatable bonds is 3. The van der Waals surface area contributed by atoms with Crippen molar-refractivity contribution >= 4 is 11.9 Å². The molecule has 17 heavy (non-hydrogen) atoms. The van der Waals surface area contributed by atoms with Gasteiger partial charge in [0.2, 0.25) is 5.76 Å². The summed E-state index contributed by atoms with van der Waals surface area (Å²) in [6.45, 7) is 10.2. The van der Waals surface area contributed by atoms with Gasteiger partial charge in [-0.2, -0.15) is 0 Å². The summed E-state index contributed by atoms with van der Waals surface area (Å²) < 4.78 is 10.3. The van der Waals surface area contributed by atoms with Gasteiger partial charge in [0.25, 0.3) is 0 Å². The SMILES string of the molecule is CC(C)(C)OC(=O)/C(=C/C(=O)O)OC(C)(C)C. The predicted molar refractivity (Wildman–Crippen MR) is 62.4 cm³/mol. The molecule has 0 radical (unpaired) electrons. The van der Waals surface area contributed by atoms with Gasteiger partial charge in [-0.25, -0.2) is 9.59 Å². The molecule has 0 aromatic rings. The summed E-state index contributed by atoms with van der Waals surface area (Å²) in [7, 11) is 0. The Morgan fingerprint density at radius 3 is 1.65 bits per heavy atom. The summed E-state index contributed by atoms with van der Waals surface area (Å²) in [6.07, 6.45) is 0.708. The van der Waals surface area contributed by atoms with Gasteiger partial charge in [-0.05, 0) is 41.5 Å². The standard InChI is InChI=1S/C12H20O5/c1-11(2,3)16-8(7-9(13)14)10(15)17-12(4,5)6/h7H,1-6H3,(H,13,14)/b8-7-. The fourth-order valence-corrected chi connectivity index (χ4v) is 0.900. The number of carbonyl (C=O) groups is 2. The highest BCUT2D eigenvalue weighted by atomic mass is 16.6. The van der Waals surface area contributed by atoms with E-state index in [1.165, 1.54) is 0 Å². The van der Waals surface area contributed by atoms with Gasteiger partial charge >= 0.3 is 11.9 Å². The van der Waals surface area contributed by atoms with Gasteiger partial charge in [0.05, 0.1) is 6.08 Å². The number of carbonyl (C=O) groups excluding carboxylic acids is 1. The molecule has 0 bridgehead atoms. The van der Waals surface area contributed by atoms with Crippen molar-refractivity contribution < 1.29 is 24.2 Å². The lowest BCUT2D eigenvalue weighted by Gasteiger charge is -2.25. The van der Waals surface area contributed by atoms with Crippen molar-refractivity contribution in [2.75, 3.05) is 0 Å². The molecule has 0 amide bonds. The van der Waals surface area contributed by atoms with Crippen LogP contribution in [0.4, 0.5) is 0 Å². The van der Waals surface area contributed by atoms with Crippen LogP contribution >= 0.6 is 0 Å².